The number of rotatable bonds is 3. The highest BCUT2D eigenvalue weighted by atomic mass is 15.2. The summed E-state index contributed by atoms with van der Waals surface area (Å²) in [5.41, 5.74) is 7.37. The summed E-state index contributed by atoms with van der Waals surface area (Å²) < 4.78 is 0. The van der Waals surface area contributed by atoms with Crippen molar-refractivity contribution in [3.63, 3.8) is 0 Å². The van der Waals surface area contributed by atoms with Gasteiger partial charge in [-0.15, -0.1) is 0 Å². The van der Waals surface area contributed by atoms with Gasteiger partial charge in [0.1, 0.15) is 0 Å². The van der Waals surface area contributed by atoms with E-state index in [1.807, 2.05) is 0 Å². The first-order valence-corrected chi connectivity index (χ1v) is 9.62. The Bertz CT molecular complexity index is 318. The summed E-state index contributed by atoms with van der Waals surface area (Å²) >= 11 is 0. The Balaban J connectivity index is 1.76. The van der Waals surface area contributed by atoms with Gasteiger partial charge in [-0.3, -0.25) is 4.90 Å². The minimum absolute atomic E-state index is 0.363. The standard InChI is InChI=1S/C19H36N2/c1-15-12-16(2)14-17(13-15)18(20)19(8-4-5-9-19)21-10-6-3-7-11-21/h15-18H,3-14,20H2,1-2H3. The molecule has 2 N–H and O–H groups in total. The molecule has 21 heavy (non-hydrogen) atoms. The van der Waals surface area contributed by atoms with E-state index in [0.717, 1.165) is 17.8 Å². The quantitative estimate of drug-likeness (QED) is 0.845. The van der Waals surface area contributed by atoms with E-state index in [1.54, 1.807) is 0 Å². The maximum absolute atomic E-state index is 7.00. The molecule has 3 fully saturated rings. The molecule has 3 atom stereocenters. The molecule has 2 nitrogen and oxygen atoms in total. The molecule has 3 rings (SSSR count). The van der Waals surface area contributed by atoms with Gasteiger partial charge in [0.2, 0.25) is 0 Å². The Morgan fingerprint density at radius 3 is 2.00 bits per heavy atom. The number of hydrogen-bond donors (Lipinski definition) is 1. The summed E-state index contributed by atoms with van der Waals surface area (Å²) in [5.74, 6) is 2.53. The molecule has 0 spiro atoms. The molecule has 0 amide bonds. The summed E-state index contributed by atoms with van der Waals surface area (Å²) in [6.45, 7) is 7.51. The van der Waals surface area contributed by atoms with Crippen molar-refractivity contribution in [2.75, 3.05) is 13.1 Å². The van der Waals surface area contributed by atoms with E-state index >= 15 is 0 Å². The van der Waals surface area contributed by atoms with Gasteiger partial charge in [0.05, 0.1) is 0 Å². The van der Waals surface area contributed by atoms with E-state index in [9.17, 15) is 0 Å². The number of nitrogens with zero attached hydrogens (tertiary/aromatic N) is 1. The second-order valence-electron chi connectivity index (χ2n) is 8.56. The summed E-state index contributed by atoms with van der Waals surface area (Å²) in [6, 6.07) is 0.420. The molecule has 0 aromatic heterocycles. The molecule has 2 aliphatic carbocycles. The van der Waals surface area contributed by atoms with Crippen LogP contribution in [0.15, 0.2) is 0 Å². The number of nitrogens with two attached hydrogens (primary N) is 1. The first kappa shape index (κ1) is 15.8. The van der Waals surface area contributed by atoms with Crippen molar-refractivity contribution in [3.05, 3.63) is 0 Å². The smallest absolute Gasteiger partial charge is 0.0363 e. The molecule has 0 aromatic rings. The third kappa shape index (κ3) is 3.17. The molecular weight excluding hydrogens is 256 g/mol. The predicted octanol–water partition coefficient (Wildman–Crippen LogP) is 4.18. The van der Waals surface area contributed by atoms with Gasteiger partial charge in [-0.1, -0.05) is 33.1 Å². The van der Waals surface area contributed by atoms with Gasteiger partial charge >= 0.3 is 0 Å². The third-order valence-corrected chi connectivity index (χ3v) is 6.80. The molecule has 0 radical (unpaired) electrons. The topological polar surface area (TPSA) is 29.3 Å². The van der Waals surface area contributed by atoms with Gasteiger partial charge in [-0.2, -0.15) is 0 Å². The lowest BCUT2D eigenvalue weighted by Crippen LogP contribution is -2.62. The monoisotopic (exact) mass is 292 g/mol. The average molecular weight is 293 g/mol. The molecular formula is C19H36N2. The van der Waals surface area contributed by atoms with Gasteiger partial charge in [0.15, 0.2) is 0 Å². The van der Waals surface area contributed by atoms with Crippen LogP contribution in [0.2, 0.25) is 0 Å². The van der Waals surface area contributed by atoms with Crippen molar-refractivity contribution in [1.82, 2.24) is 4.90 Å². The van der Waals surface area contributed by atoms with Crippen LogP contribution in [0.1, 0.15) is 78.1 Å². The molecule has 2 heteroatoms. The fourth-order valence-corrected chi connectivity index (χ4v) is 5.93. The van der Waals surface area contributed by atoms with Gasteiger partial charge in [-0.25, -0.2) is 0 Å². The van der Waals surface area contributed by atoms with Crippen LogP contribution in [0, 0.1) is 17.8 Å². The average Bonchev–Trinajstić information content (AvgIpc) is 2.97. The highest BCUT2D eigenvalue weighted by molar-refractivity contribution is 5.06. The van der Waals surface area contributed by atoms with Gasteiger partial charge in [-0.05, 0) is 75.8 Å². The minimum Gasteiger partial charge on any atom is -0.326 e. The van der Waals surface area contributed by atoms with E-state index < -0.39 is 0 Å². The van der Waals surface area contributed by atoms with Crippen molar-refractivity contribution >= 4 is 0 Å². The lowest BCUT2D eigenvalue weighted by atomic mass is 9.68. The molecule has 2 saturated carbocycles. The second kappa shape index (κ2) is 6.58. The van der Waals surface area contributed by atoms with Crippen molar-refractivity contribution in [2.45, 2.75) is 89.6 Å². The molecule has 0 aromatic carbocycles. The Hall–Kier alpha value is -0.0800. The van der Waals surface area contributed by atoms with Crippen molar-refractivity contribution in [1.29, 1.82) is 0 Å². The van der Waals surface area contributed by atoms with Crippen LogP contribution < -0.4 is 5.73 Å². The van der Waals surface area contributed by atoms with Crippen LogP contribution in [0.25, 0.3) is 0 Å². The number of likely N-dealkylation sites (tertiary alicyclic amines) is 1. The normalized spacial score (nSPS) is 39.3. The number of piperidine rings is 1. The third-order valence-electron chi connectivity index (χ3n) is 6.80. The highest BCUT2D eigenvalue weighted by Crippen LogP contribution is 2.45. The lowest BCUT2D eigenvalue weighted by Gasteiger charge is -2.51. The zero-order valence-electron chi connectivity index (χ0n) is 14.3. The first-order valence-electron chi connectivity index (χ1n) is 9.62. The Kier molecular flexibility index (Phi) is 4.95. The zero-order chi connectivity index (χ0) is 14.9. The maximum atomic E-state index is 7.00. The lowest BCUT2D eigenvalue weighted by molar-refractivity contribution is 0.0154. The molecule has 3 unspecified atom stereocenters. The highest BCUT2D eigenvalue weighted by Gasteiger charge is 2.48. The van der Waals surface area contributed by atoms with E-state index in [0.29, 0.717) is 11.6 Å². The fraction of sp³-hybridized carbons (Fsp3) is 1.00. The van der Waals surface area contributed by atoms with Crippen LogP contribution in [-0.2, 0) is 0 Å². The second-order valence-corrected chi connectivity index (χ2v) is 8.56. The van der Waals surface area contributed by atoms with Gasteiger partial charge in [0.25, 0.3) is 0 Å². The van der Waals surface area contributed by atoms with E-state index in [1.165, 1.54) is 77.3 Å². The van der Waals surface area contributed by atoms with Gasteiger partial charge in [0, 0.05) is 11.6 Å². The van der Waals surface area contributed by atoms with E-state index in [-0.39, 0.29) is 0 Å². The minimum atomic E-state index is 0.363. The maximum Gasteiger partial charge on any atom is 0.0363 e. The largest absolute Gasteiger partial charge is 0.326 e. The number of hydrogen-bond acceptors (Lipinski definition) is 2. The van der Waals surface area contributed by atoms with Crippen LogP contribution in [0.4, 0.5) is 0 Å². The molecule has 3 aliphatic rings. The molecule has 1 aliphatic heterocycles. The molecule has 1 heterocycles. The van der Waals surface area contributed by atoms with Crippen LogP contribution in [0.3, 0.4) is 0 Å². The predicted molar refractivity (Wildman–Crippen MR) is 90.3 cm³/mol. The van der Waals surface area contributed by atoms with E-state index in [2.05, 4.69) is 18.7 Å². The summed E-state index contributed by atoms with van der Waals surface area (Å²) in [5, 5.41) is 0. The van der Waals surface area contributed by atoms with E-state index in [4.69, 9.17) is 5.73 Å². The first-order chi connectivity index (χ1) is 10.1. The van der Waals surface area contributed by atoms with Crippen LogP contribution in [-0.4, -0.2) is 29.6 Å². The summed E-state index contributed by atoms with van der Waals surface area (Å²) in [4.78, 5) is 2.83. The Labute approximate surface area is 131 Å². The molecule has 0 bridgehead atoms. The summed E-state index contributed by atoms with van der Waals surface area (Å²) in [6.07, 6.45) is 13.9. The van der Waals surface area contributed by atoms with Gasteiger partial charge < -0.3 is 5.73 Å². The van der Waals surface area contributed by atoms with Crippen molar-refractivity contribution in [3.8, 4) is 0 Å². The Morgan fingerprint density at radius 2 is 1.43 bits per heavy atom. The van der Waals surface area contributed by atoms with Crippen LogP contribution >= 0.6 is 0 Å². The SMILES string of the molecule is CC1CC(C)CC(C(N)C2(N3CCCCC3)CCCC2)C1. The van der Waals surface area contributed by atoms with Crippen molar-refractivity contribution in [2.24, 2.45) is 23.5 Å². The summed E-state index contributed by atoms with van der Waals surface area (Å²) in [7, 11) is 0. The van der Waals surface area contributed by atoms with Crippen LogP contribution in [0.5, 0.6) is 0 Å². The fourth-order valence-electron chi connectivity index (χ4n) is 5.93. The molecule has 122 valence electrons. The van der Waals surface area contributed by atoms with Crippen molar-refractivity contribution < 1.29 is 0 Å². The zero-order valence-corrected chi connectivity index (χ0v) is 14.3. The Morgan fingerprint density at radius 1 is 0.857 bits per heavy atom. The molecule has 1 saturated heterocycles.